The molecule has 0 unspecified atom stereocenters. The third-order valence-corrected chi connectivity index (χ3v) is 7.94. The van der Waals surface area contributed by atoms with Gasteiger partial charge in [-0.05, 0) is 36.8 Å². The van der Waals surface area contributed by atoms with Crippen LogP contribution in [0.4, 0.5) is 0 Å². The molecule has 0 aliphatic carbocycles. The van der Waals surface area contributed by atoms with Gasteiger partial charge in [-0.25, -0.2) is 8.42 Å². The molecular weight excluding hydrogens is 442 g/mol. The number of sulfonamides is 1. The molecule has 0 amide bonds. The predicted molar refractivity (Wildman–Crippen MR) is 111 cm³/mol. The first-order valence-corrected chi connectivity index (χ1v) is 11.7. The molecule has 4 rings (SSSR count). The first kappa shape index (κ1) is 20.0. The van der Waals surface area contributed by atoms with Gasteiger partial charge in [-0.15, -0.1) is 0 Å². The van der Waals surface area contributed by atoms with Crippen molar-refractivity contribution in [1.29, 1.82) is 0 Å². The van der Waals surface area contributed by atoms with E-state index in [1.54, 1.807) is 16.4 Å². The summed E-state index contributed by atoms with van der Waals surface area (Å²) in [6.45, 7) is 3.64. The van der Waals surface area contributed by atoms with Crippen LogP contribution >= 0.6 is 15.9 Å². The number of halogens is 1. The Hall–Kier alpha value is -1.25. The first-order chi connectivity index (χ1) is 13.4. The Bertz CT molecular complexity index is 926. The van der Waals surface area contributed by atoms with Gasteiger partial charge < -0.3 is 9.47 Å². The molecule has 2 aromatic carbocycles. The molecule has 150 valence electrons. The third kappa shape index (κ3) is 4.04. The van der Waals surface area contributed by atoms with Gasteiger partial charge in [0.05, 0.1) is 29.8 Å². The molecule has 0 N–H and O–H groups in total. The van der Waals surface area contributed by atoms with Crippen LogP contribution in [0.25, 0.3) is 0 Å². The summed E-state index contributed by atoms with van der Waals surface area (Å²) in [4.78, 5) is 0.340. The quantitative estimate of drug-likeness (QED) is 0.685. The lowest BCUT2D eigenvalue weighted by atomic mass is 9.86. The van der Waals surface area contributed by atoms with Crippen molar-refractivity contribution >= 4 is 26.0 Å². The van der Waals surface area contributed by atoms with E-state index >= 15 is 0 Å². The van der Waals surface area contributed by atoms with Crippen LogP contribution in [-0.2, 0) is 19.5 Å². The Morgan fingerprint density at radius 3 is 2.50 bits per heavy atom. The van der Waals surface area contributed by atoms with E-state index in [0.717, 1.165) is 15.6 Å². The van der Waals surface area contributed by atoms with Crippen LogP contribution in [0.2, 0.25) is 0 Å². The zero-order valence-electron chi connectivity index (χ0n) is 15.8. The minimum atomic E-state index is -3.54. The zero-order valence-corrected chi connectivity index (χ0v) is 18.2. The van der Waals surface area contributed by atoms with E-state index in [9.17, 15) is 8.42 Å². The number of nitrogens with zero attached hydrogens (tertiary/aromatic N) is 1. The summed E-state index contributed by atoms with van der Waals surface area (Å²) in [5, 5.41) is 0. The predicted octanol–water partition coefficient (Wildman–Crippen LogP) is 4.07. The maximum atomic E-state index is 13.1. The number of hydrogen-bond donors (Lipinski definition) is 0. The molecular formula is C21H24BrNO4S. The summed E-state index contributed by atoms with van der Waals surface area (Å²) in [6.07, 6.45) is 1.25. The topological polar surface area (TPSA) is 55.8 Å². The fourth-order valence-electron chi connectivity index (χ4n) is 3.93. The summed E-state index contributed by atoms with van der Waals surface area (Å²) in [5.74, 6) is 0. The molecule has 0 radical (unpaired) electrons. The standard InChI is InChI=1S/C21H24BrNO4S/c1-16-2-8-19(9-3-16)28(24,25)23-11-13-27-21(15-23)10-12-26-20(14-21)17-4-6-18(22)7-5-17/h2-9,20H,10-15H2,1H3/t20-,21-/m1/s1. The van der Waals surface area contributed by atoms with Gasteiger partial charge in [0.15, 0.2) is 0 Å². The summed E-state index contributed by atoms with van der Waals surface area (Å²) in [7, 11) is -3.54. The smallest absolute Gasteiger partial charge is 0.243 e. The monoisotopic (exact) mass is 465 g/mol. The fourth-order valence-corrected chi connectivity index (χ4v) is 5.69. The molecule has 2 aliphatic heterocycles. The Morgan fingerprint density at radius 1 is 1.07 bits per heavy atom. The molecule has 2 aromatic rings. The number of rotatable bonds is 3. The van der Waals surface area contributed by atoms with Crippen LogP contribution < -0.4 is 0 Å². The van der Waals surface area contributed by atoms with E-state index in [-0.39, 0.29) is 6.10 Å². The molecule has 2 aliphatic rings. The highest BCUT2D eigenvalue weighted by Crippen LogP contribution is 2.40. The van der Waals surface area contributed by atoms with Gasteiger partial charge in [0.25, 0.3) is 0 Å². The second kappa shape index (κ2) is 7.88. The van der Waals surface area contributed by atoms with E-state index in [2.05, 4.69) is 15.9 Å². The molecule has 7 heteroatoms. The Kier molecular flexibility index (Phi) is 5.64. The normalized spacial score (nSPS) is 26.4. The number of ether oxygens (including phenoxy) is 2. The molecule has 2 fully saturated rings. The maximum Gasteiger partial charge on any atom is 0.243 e. The third-order valence-electron chi connectivity index (χ3n) is 5.55. The van der Waals surface area contributed by atoms with Gasteiger partial charge >= 0.3 is 0 Å². The van der Waals surface area contributed by atoms with Crippen molar-refractivity contribution in [1.82, 2.24) is 4.31 Å². The lowest BCUT2D eigenvalue weighted by Crippen LogP contribution is -2.56. The van der Waals surface area contributed by atoms with Gasteiger partial charge in [0.1, 0.15) is 0 Å². The number of aryl methyl sites for hydroxylation is 1. The van der Waals surface area contributed by atoms with Crippen LogP contribution in [-0.4, -0.2) is 44.6 Å². The molecule has 0 bridgehead atoms. The number of hydrogen-bond acceptors (Lipinski definition) is 4. The van der Waals surface area contributed by atoms with Crippen LogP contribution in [0.1, 0.15) is 30.1 Å². The molecule has 2 atom stereocenters. The van der Waals surface area contributed by atoms with E-state index in [1.165, 1.54) is 0 Å². The van der Waals surface area contributed by atoms with Crippen molar-refractivity contribution in [3.8, 4) is 0 Å². The van der Waals surface area contributed by atoms with Crippen molar-refractivity contribution in [2.24, 2.45) is 0 Å². The van der Waals surface area contributed by atoms with E-state index < -0.39 is 15.6 Å². The fraction of sp³-hybridized carbons (Fsp3) is 0.429. The minimum Gasteiger partial charge on any atom is -0.373 e. The van der Waals surface area contributed by atoms with Crippen LogP contribution in [0.5, 0.6) is 0 Å². The van der Waals surface area contributed by atoms with Crippen LogP contribution in [0.15, 0.2) is 57.9 Å². The van der Waals surface area contributed by atoms with Gasteiger partial charge in [-0.1, -0.05) is 45.8 Å². The average molecular weight is 466 g/mol. The molecule has 0 aromatic heterocycles. The average Bonchev–Trinajstić information content (AvgIpc) is 2.69. The van der Waals surface area contributed by atoms with Gasteiger partial charge in [0.2, 0.25) is 10.0 Å². The highest BCUT2D eigenvalue weighted by atomic mass is 79.9. The molecule has 2 saturated heterocycles. The molecule has 1 spiro atoms. The summed E-state index contributed by atoms with van der Waals surface area (Å²) >= 11 is 3.46. The minimum absolute atomic E-state index is 0.0936. The first-order valence-electron chi connectivity index (χ1n) is 9.46. The van der Waals surface area contributed by atoms with Crippen molar-refractivity contribution in [2.45, 2.75) is 36.4 Å². The Morgan fingerprint density at radius 2 is 1.79 bits per heavy atom. The van der Waals surface area contributed by atoms with E-state index in [0.29, 0.717) is 44.0 Å². The van der Waals surface area contributed by atoms with Crippen molar-refractivity contribution < 1.29 is 17.9 Å². The number of benzene rings is 2. The zero-order chi connectivity index (χ0) is 19.8. The van der Waals surface area contributed by atoms with E-state index in [4.69, 9.17) is 9.47 Å². The van der Waals surface area contributed by atoms with Gasteiger partial charge in [-0.3, -0.25) is 0 Å². The number of morpholine rings is 1. The second-order valence-electron chi connectivity index (χ2n) is 7.55. The molecule has 5 nitrogen and oxygen atoms in total. The summed E-state index contributed by atoms with van der Waals surface area (Å²) < 4.78 is 41.0. The highest BCUT2D eigenvalue weighted by molar-refractivity contribution is 9.10. The van der Waals surface area contributed by atoms with Crippen LogP contribution in [0, 0.1) is 6.92 Å². The van der Waals surface area contributed by atoms with Gasteiger partial charge in [0, 0.05) is 30.4 Å². The SMILES string of the molecule is Cc1ccc(S(=O)(=O)N2CCO[C@@]3(CCO[C@@H](c4ccc(Br)cc4)C3)C2)cc1. The lowest BCUT2D eigenvalue weighted by Gasteiger charge is -2.46. The summed E-state index contributed by atoms with van der Waals surface area (Å²) in [6, 6.07) is 15.1. The lowest BCUT2D eigenvalue weighted by molar-refractivity contribution is -0.163. The Labute approximate surface area is 174 Å². The molecule has 2 heterocycles. The van der Waals surface area contributed by atoms with Crippen molar-refractivity contribution in [3.63, 3.8) is 0 Å². The largest absolute Gasteiger partial charge is 0.373 e. The van der Waals surface area contributed by atoms with Crippen molar-refractivity contribution in [3.05, 3.63) is 64.1 Å². The maximum absolute atomic E-state index is 13.1. The van der Waals surface area contributed by atoms with Crippen molar-refractivity contribution in [2.75, 3.05) is 26.3 Å². The summed E-state index contributed by atoms with van der Waals surface area (Å²) in [5.41, 5.74) is 1.62. The molecule has 0 saturated carbocycles. The van der Waals surface area contributed by atoms with Crippen LogP contribution in [0.3, 0.4) is 0 Å². The van der Waals surface area contributed by atoms with Gasteiger partial charge in [-0.2, -0.15) is 4.31 Å². The Balaban J connectivity index is 1.55. The second-order valence-corrected chi connectivity index (χ2v) is 10.4. The van der Waals surface area contributed by atoms with E-state index in [1.807, 2.05) is 43.3 Å². The highest BCUT2D eigenvalue weighted by Gasteiger charge is 2.45. The molecule has 28 heavy (non-hydrogen) atoms.